The summed E-state index contributed by atoms with van der Waals surface area (Å²) >= 11 is 3.60. The Kier molecular flexibility index (Phi) is 5.52. The molecule has 0 radical (unpaired) electrons. The van der Waals surface area contributed by atoms with Crippen LogP contribution in [0.3, 0.4) is 0 Å². The minimum absolute atomic E-state index is 0.357. The Hall–Kier alpha value is -6.44. The van der Waals surface area contributed by atoms with Gasteiger partial charge in [-0.25, -0.2) is 0 Å². The van der Waals surface area contributed by atoms with E-state index in [1.54, 1.807) is 22.7 Å². The molecule has 0 amide bonds. The maximum atomic E-state index is 10.9. The Bertz CT molecular complexity index is 3130. The van der Waals surface area contributed by atoms with Crippen LogP contribution in [0.25, 0.3) is 95.3 Å². The zero-order chi connectivity index (χ0) is 33.1. The standard InChI is InChI=1S/C44H22N4S2/c45-23-33-34(24-46)38(48-36-14-6-2-10-26(36)30-22-44-32(20-40(30)48)28-12-4-8-16-42(28)50-44)18-17-37(33)47-35-13-5-1-9-25(35)29-21-43-31(19-39(29)47)27-11-3-7-15-41(27)49-43/h1-22H. The highest BCUT2D eigenvalue weighted by Crippen LogP contribution is 2.44. The number of benzene rings is 7. The molecule has 0 spiro atoms. The predicted octanol–water partition coefficient (Wildman–Crippen LogP) is 12.4. The fourth-order valence-corrected chi connectivity index (χ4v) is 10.3. The molecule has 11 aromatic rings. The van der Waals surface area contributed by atoms with Gasteiger partial charge in [0.2, 0.25) is 0 Å². The van der Waals surface area contributed by atoms with Crippen LogP contribution in [0.15, 0.2) is 133 Å². The lowest BCUT2D eigenvalue weighted by Crippen LogP contribution is -2.05. The van der Waals surface area contributed by atoms with Gasteiger partial charge in [-0.3, -0.25) is 0 Å². The summed E-state index contributed by atoms with van der Waals surface area (Å²) in [6.45, 7) is 0. The van der Waals surface area contributed by atoms with E-state index in [0.29, 0.717) is 22.5 Å². The van der Waals surface area contributed by atoms with Gasteiger partial charge < -0.3 is 9.13 Å². The van der Waals surface area contributed by atoms with Crippen molar-refractivity contribution in [2.75, 3.05) is 0 Å². The van der Waals surface area contributed by atoms with Crippen LogP contribution in [0.5, 0.6) is 0 Å². The molecule has 0 fully saturated rings. The summed E-state index contributed by atoms with van der Waals surface area (Å²) in [4.78, 5) is 0. The molecular weight excluding hydrogens is 649 g/mol. The normalized spacial score (nSPS) is 12.0. The SMILES string of the molecule is N#Cc1c(-n2c3ccccc3c3cc4sc5ccccc5c4cc32)ccc(-n2c3ccccc3c3cc4sc5ccccc5c4cc32)c1C#N. The topological polar surface area (TPSA) is 57.4 Å². The number of para-hydroxylation sites is 2. The van der Waals surface area contributed by atoms with Gasteiger partial charge in [0.25, 0.3) is 0 Å². The molecule has 0 atom stereocenters. The lowest BCUT2D eigenvalue weighted by atomic mass is 10.0. The molecular formula is C44H22N4S2. The first kappa shape index (κ1) is 27.5. The van der Waals surface area contributed by atoms with Crippen molar-refractivity contribution in [3.05, 3.63) is 145 Å². The van der Waals surface area contributed by atoms with E-state index in [9.17, 15) is 10.5 Å². The van der Waals surface area contributed by atoms with Crippen LogP contribution in [-0.4, -0.2) is 9.13 Å². The molecule has 0 saturated carbocycles. The lowest BCUT2D eigenvalue weighted by Gasteiger charge is -2.16. The van der Waals surface area contributed by atoms with Gasteiger partial charge in [-0.15, -0.1) is 22.7 Å². The monoisotopic (exact) mass is 670 g/mol. The quantitative estimate of drug-likeness (QED) is 0.184. The largest absolute Gasteiger partial charge is 0.308 e. The van der Waals surface area contributed by atoms with Crippen molar-refractivity contribution in [2.24, 2.45) is 0 Å². The molecule has 50 heavy (non-hydrogen) atoms. The van der Waals surface area contributed by atoms with Crippen molar-refractivity contribution in [3.8, 4) is 23.5 Å². The third kappa shape index (κ3) is 3.56. The number of fused-ring (bicyclic) bond motifs is 12. The Balaban J connectivity index is 1.23. The first-order valence-electron chi connectivity index (χ1n) is 16.4. The van der Waals surface area contributed by atoms with Crippen LogP contribution in [0, 0.1) is 22.7 Å². The number of rotatable bonds is 2. The van der Waals surface area contributed by atoms with Gasteiger partial charge in [0.15, 0.2) is 0 Å². The Morgan fingerprint density at radius 3 is 1.20 bits per heavy atom. The molecule has 4 nitrogen and oxygen atoms in total. The molecule has 0 aliphatic rings. The summed E-state index contributed by atoms with van der Waals surface area (Å²) in [5.41, 5.74) is 6.14. The third-order valence-electron chi connectivity index (χ3n) is 10.2. The first-order chi connectivity index (χ1) is 24.7. The van der Waals surface area contributed by atoms with E-state index >= 15 is 0 Å². The highest BCUT2D eigenvalue weighted by atomic mass is 32.1. The third-order valence-corrected chi connectivity index (χ3v) is 12.5. The minimum Gasteiger partial charge on any atom is -0.308 e. The van der Waals surface area contributed by atoms with E-state index in [0.717, 1.165) is 43.6 Å². The number of hydrogen-bond acceptors (Lipinski definition) is 4. The van der Waals surface area contributed by atoms with Crippen LogP contribution >= 0.6 is 22.7 Å². The van der Waals surface area contributed by atoms with Crippen molar-refractivity contribution in [1.82, 2.24) is 9.13 Å². The van der Waals surface area contributed by atoms with E-state index in [4.69, 9.17) is 0 Å². The molecule has 0 bridgehead atoms. The van der Waals surface area contributed by atoms with E-state index < -0.39 is 0 Å². The van der Waals surface area contributed by atoms with Crippen molar-refractivity contribution in [2.45, 2.75) is 0 Å². The van der Waals surface area contributed by atoms with Crippen molar-refractivity contribution in [1.29, 1.82) is 10.5 Å². The lowest BCUT2D eigenvalue weighted by molar-refractivity contribution is 1.12. The molecule has 0 aliphatic carbocycles. The van der Waals surface area contributed by atoms with Crippen LogP contribution in [0.4, 0.5) is 0 Å². The Morgan fingerprint density at radius 2 is 0.760 bits per heavy atom. The molecule has 0 saturated heterocycles. The number of thiophene rings is 2. The molecule has 0 aliphatic heterocycles. The summed E-state index contributed by atoms with van der Waals surface area (Å²) in [5.74, 6) is 0. The van der Waals surface area contributed by atoms with E-state index in [2.05, 4.69) is 130 Å². The van der Waals surface area contributed by atoms with Crippen molar-refractivity contribution < 1.29 is 0 Å². The second kappa shape index (κ2) is 10.0. The average molecular weight is 671 g/mol. The van der Waals surface area contributed by atoms with Crippen LogP contribution in [0.2, 0.25) is 0 Å². The maximum Gasteiger partial charge on any atom is 0.103 e. The number of aromatic nitrogens is 2. The first-order valence-corrected chi connectivity index (χ1v) is 18.0. The molecule has 6 heteroatoms. The molecule has 0 N–H and O–H groups in total. The highest BCUT2D eigenvalue weighted by Gasteiger charge is 2.23. The minimum atomic E-state index is 0.357. The zero-order valence-corrected chi connectivity index (χ0v) is 27.9. The van der Waals surface area contributed by atoms with Crippen LogP contribution < -0.4 is 0 Å². The molecule has 4 heterocycles. The summed E-state index contributed by atoms with van der Waals surface area (Å²) in [7, 11) is 0. The van der Waals surface area contributed by atoms with Gasteiger partial charge in [0.1, 0.15) is 12.1 Å². The predicted molar refractivity (Wildman–Crippen MR) is 210 cm³/mol. The zero-order valence-electron chi connectivity index (χ0n) is 26.3. The highest BCUT2D eigenvalue weighted by molar-refractivity contribution is 7.26. The van der Waals surface area contributed by atoms with Crippen molar-refractivity contribution >= 4 is 107 Å². The second-order valence-corrected chi connectivity index (χ2v) is 14.9. The van der Waals surface area contributed by atoms with Crippen LogP contribution in [-0.2, 0) is 0 Å². The van der Waals surface area contributed by atoms with E-state index in [-0.39, 0.29) is 0 Å². The van der Waals surface area contributed by atoms with Gasteiger partial charge in [0, 0.05) is 61.9 Å². The fourth-order valence-electron chi connectivity index (χ4n) is 8.07. The molecule has 11 rings (SSSR count). The maximum absolute atomic E-state index is 10.9. The Labute approximate surface area is 293 Å². The average Bonchev–Trinajstić information content (AvgIpc) is 3.89. The van der Waals surface area contributed by atoms with Gasteiger partial charge >= 0.3 is 0 Å². The van der Waals surface area contributed by atoms with Gasteiger partial charge in [-0.05, 0) is 60.7 Å². The molecule has 0 unspecified atom stereocenters. The van der Waals surface area contributed by atoms with Gasteiger partial charge in [0.05, 0.1) is 44.6 Å². The number of nitrogens with zero attached hydrogens (tertiary/aromatic N) is 4. The molecule has 7 aromatic carbocycles. The molecule has 4 aromatic heterocycles. The number of nitriles is 2. The second-order valence-electron chi connectivity index (χ2n) is 12.7. The van der Waals surface area contributed by atoms with E-state index in [1.165, 1.54) is 40.3 Å². The van der Waals surface area contributed by atoms with Gasteiger partial charge in [-0.1, -0.05) is 72.8 Å². The summed E-state index contributed by atoms with van der Waals surface area (Å²) < 4.78 is 9.31. The van der Waals surface area contributed by atoms with Crippen LogP contribution in [0.1, 0.15) is 11.1 Å². The summed E-state index contributed by atoms with van der Waals surface area (Å²) in [6, 6.07) is 51.8. The smallest absolute Gasteiger partial charge is 0.103 e. The van der Waals surface area contributed by atoms with Gasteiger partial charge in [-0.2, -0.15) is 10.5 Å². The number of hydrogen-bond donors (Lipinski definition) is 0. The fraction of sp³-hybridized carbons (Fsp3) is 0. The van der Waals surface area contributed by atoms with Crippen molar-refractivity contribution in [3.63, 3.8) is 0 Å². The Morgan fingerprint density at radius 1 is 0.360 bits per heavy atom. The summed E-state index contributed by atoms with van der Waals surface area (Å²) in [5, 5.41) is 31.1. The van der Waals surface area contributed by atoms with E-state index in [1.807, 2.05) is 24.3 Å². The molecule has 230 valence electrons. The summed E-state index contributed by atoms with van der Waals surface area (Å²) in [6.07, 6.45) is 0.